The predicted octanol–water partition coefficient (Wildman–Crippen LogP) is 5.08. The highest BCUT2D eigenvalue weighted by atomic mass is 27.0. The Morgan fingerprint density at radius 1 is 0.216 bits per heavy atom. The Bertz CT molecular complexity index is 858. The van der Waals surface area contributed by atoms with E-state index in [2.05, 4.69) is 0 Å². The Balaban J connectivity index is 0.000000518. The molecule has 0 fully saturated rings. The van der Waals surface area contributed by atoms with E-state index in [1.165, 1.54) is 0 Å². The second-order valence-electron chi connectivity index (χ2n) is 5.76. The normalized spacial score (nSPS) is 10.1. The lowest BCUT2D eigenvalue weighted by Gasteiger charge is -2.00. The molecule has 3 N–H and O–H groups in total. The van der Waals surface area contributed by atoms with Crippen molar-refractivity contribution in [2.45, 2.75) is 0 Å². The highest BCUT2D eigenvalue weighted by Gasteiger charge is 2.26. The van der Waals surface area contributed by atoms with Gasteiger partial charge in [0.15, 0.2) is 34.6 Å². The van der Waals surface area contributed by atoms with Gasteiger partial charge in [-0.15, -0.1) is 0 Å². The summed E-state index contributed by atoms with van der Waals surface area (Å²) in [5, 5.41) is 24.9. The first kappa shape index (κ1) is 33.5. The molecule has 0 aromatic heterocycles. The summed E-state index contributed by atoms with van der Waals surface area (Å²) in [5.41, 5.74) is 0. The van der Waals surface area contributed by atoms with Gasteiger partial charge in [0.25, 0.3) is 0 Å². The van der Waals surface area contributed by atoms with Crippen molar-refractivity contribution < 1.29 is 81.2 Å². The maximum atomic E-state index is 12.2. The molecule has 0 unspecified atom stereocenters. The molecule has 0 saturated heterocycles. The van der Waals surface area contributed by atoms with Crippen LogP contribution < -0.4 is 0 Å². The summed E-state index contributed by atoms with van der Waals surface area (Å²) >= 11 is 0. The smallest absolute Gasteiger partial charge is 0.206 e. The van der Waals surface area contributed by atoms with Gasteiger partial charge in [-0.3, -0.25) is 0 Å². The second-order valence-corrected chi connectivity index (χ2v) is 5.76. The molecule has 0 amide bonds. The highest BCUT2D eigenvalue weighted by Crippen LogP contribution is 2.29. The minimum atomic E-state index is -2.29. The van der Waals surface area contributed by atoms with E-state index in [1.54, 1.807) is 0 Å². The molecule has 0 atom stereocenters. The Kier molecular flexibility index (Phi) is 11.5. The molecule has 3 nitrogen and oxygen atoms in total. The number of hydrogen-bond donors (Lipinski definition) is 3. The summed E-state index contributed by atoms with van der Waals surface area (Å²) in [6.45, 7) is 0. The van der Waals surface area contributed by atoms with E-state index in [9.17, 15) is 65.9 Å². The molecule has 3 rings (SSSR count). The van der Waals surface area contributed by atoms with Crippen LogP contribution in [0.25, 0.3) is 0 Å². The Labute approximate surface area is 203 Å². The van der Waals surface area contributed by atoms with E-state index >= 15 is 0 Å². The predicted molar refractivity (Wildman–Crippen MR) is 93.6 cm³/mol. The minimum Gasteiger partial charge on any atom is -0.503 e. The SMILES string of the molecule is Oc1c(F)c(F)c(F)c(F)c1F.Oc1c(F)c(F)c(F)c(F)c1F.Oc1c(F)c(F)c(F)c(F)c1F.[AlH3]. The van der Waals surface area contributed by atoms with Crippen molar-refractivity contribution in [1.82, 2.24) is 0 Å². The average Bonchev–Trinajstić information content (AvgIpc) is 2.87. The van der Waals surface area contributed by atoms with Gasteiger partial charge in [-0.05, 0) is 0 Å². The third-order valence-corrected chi connectivity index (χ3v) is 3.56. The fraction of sp³-hybridized carbons (Fsp3) is 0. The van der Waals surface area contributed by atoms with Gasteiger partial charge in [-0.1, -0.05) is 0 Å². The van der Waals surface area contributed by atoms with Gasteiger partial charge >= 0.3 is 0 Å². The summed E-state index contributed by atoms with van der Waals surface area (Å²) in [4.78, 5) is 0. The number of rotatable bonds is 0. The minimum absolute atomic E-state index is 0. The van der Waals surface area contributed by atoms with E-state index in [0.717, 1.165) is 0 Å². The van der Waals surface area contributed by atoms with Crippen molar-refractivity contribution in [1.29, 1.82) is 0 Å². The van der Waals surface area contributed by atoms with Crippen molar-refractivity contribution in [2.75, 3.05) is 0 Å². The molecule has 0 aliphatic rings. The van der Waals surface area contributed by atoms with E-state index in [1.807, 2.05) is 0 Å². The number of phenols is 3. The summed E-state index contributed by atoms with van der Waals surface area (Å²) in [6.07, 6.45) is 0. The largest absolute Gasteiger partial charge is 0.503 e. The number of hydrogen-bond acceptors (Lipinski definition) is 3. The second kappa shape index (κ2) is 12.7. The summed E-state index contributed by atoms with van der Waals surface area (Å²) in [7, 11) is 0. The average molecular weight is 582 g/mol. The van der Waals surface area contributed by atoms with Crippen LogP contribution >= 0.6 is 0 Å². The molecule has 0 saturated carbocycles. The van der Waals surface area contributed by atoms with Crippen LogP contribution in [-0.4, -0.2) is 32.7 Å². The first-order valence-corrected chi connectivity index (χ1v) is 8.01. The zero-order valence-electron chi connectivity index (χ0n) is 16.0. The Morgan fingerprint density at radius 3 is 0.405 bits per heavy atom. The van der Waals surface area contributed by atoms with Gasteiger partial charge in [0.1, 0.15) is 0 Å². The van der Waals surface area contributed by atoms with Crippen molar-refractivity contribution in [2.24, 2.45) is 0 Å². The fourth-order valence-electron chi connectivity index (χ4n) is 1.78. The molecule has 3 aromatic rings. The molecular weight excluding hydrogens is 576 g/mol. The molecule has 3 aromatic carbocycles. The van der Waals surface area contributed by atoms with Crippen molar-refractivity contribution in [3.05, 3.63) is 87.3 Å². The Morgan fingerprint density at radius 2 is 0.297 bits per heavy atom. The molecule has 37 heavy (non-hydrogen) atoms. The van der Waals surface area contributed by atoms with Crippen molar-refractivity contribution in [3.8, 4) is 17.2 Å². The maximum Gasteiger partial charge on any atom is 0.206 e. The molecular formula is C18H6AlF15O3. The van der Waals surface area contributed by atoms with Crippen LogP contribution in [0.4, 0.5) is 65.9 Å². The molecule has 0 aliphatic carbocycles. The first-order chi connectivity index (χ1) is 16.4. The van der Waals surface area contributed by atoms with Gasteiger partial charge in [0.2, 0.25) is 87.3 Å². The molecule has 0 heterocycles. The fourth-order valence-corrected chi connectivity index (χ4v) is 1.78. The molecule has 0 aliphatic heterocycles. The van der Waals surface area contributed by atoms with Crippen LogP contribution in [0.3, 0.4) is 0 Å². The van der Waals surface area contributed by atoms with Crippen LogP contribution in [-0.2, 0) is 0 Å². The Hall–Kier alpha value is -3.46. The molecule has 0 spiro atoms. The van der Waals surface area contributed by atoms with E-state index in [4.69, 9.17) is 15.3 Å². The quantitative estimate of drug-likeness (QED) is 0.150. The maximum absolute atomic E-state index is 12.2. The molecule has 19 heteroatoms. The lowest BCUT2D eigenvalue weighted by Crippen LogP contribution is -2.00. The van der Waals surface area contributed by atoms with E-state index < -0.39 is 105 Å². The third kappa shape index (κ3) is 6.46. The summed E-state index contributed by atoms with van der Waals surface area (Å²) in [6, 6.07) is 0. The lowest BCUT2D eigenvalue weighted by molar-refractivity contribution is 0.325. The van der Waals surface area contributed by atoms with Crippen LogP contribution in [0.5, 0.6) is 17.2 Å². The van der Waals surface area contributed by atoms with Gasteiger partial charge in [0.05, 0.1) is 0 Å². The molecule has 0 radical (unpaired) electrons. The van der Waals surface area contributed by atoms with Crippen LogP contribution in [0, 0.1) is 87.3 Å². The van der Waals surface area contributed by atoms with Gasteiger partial charge < -0.3 is 15.3 Å². The number of halogens is 15. The van der Waals surface area contributed by atoms with Gasteiger partial charge in [-0.2, -0.15) is 26.3 Å². The topological polar surface area (TPSA) is 60.7 Å². The van der Waals surface area contributed by atoms with Crippen LogP contribution in [0.1, 0.15) is 0 Å². The number of phenolic OH excluding ortho intramolecular Hbond substituents is 3. The van der Waals surface area contributed by atoms with Gasteiger partial charge in [0, 0.05) is 0 Å². The molecule has 0 bridgehead atoms. The monoisotopic (exact) mass is 582 g/mol. The van der Waals surface area contributed by atoms with Crippen molar-refractivity contribution >= 4 is 17.4 Å². The standard InChI is InChI=1S/3C6HF5O.Al.3H/c3*7-1-2(8)4(10)6(12)5(11)3(1)9;;;;/h3*12H;;;;. The number of benzene rings is 3. The zero-order valence-corrected chi connectivity index (χ0v) is 16.0. The zero-order chi connectivity index (χ0) is 28.4. The lowest BCUT2D eigenvalue weighted by atomic mass is 10.3. The molecule has 204 valence electrons. The van der Waals surface area contributed by atoms with E-state index in [-0.39, 0.29) is 17.4 Å². The highest BCUT2D eigenvalue weighted by molar-refractivity contribution is 5.75. The summed E-state index contributed by atoms with van der Waals surface area (Å²) in [5.74, 6) is -38.8. The van der Waals surface area contributed by atoms with Crippen molar-refractivity contribution in [3.63, 3.8) is 0 Å². The number of aromatic hydroxyl groups is 3. The third-order valence-electron chi connectivity index (χ3n) is 3.56. The van der Waals surface area contributed by atoms with Gasteiger partial charge in [-0.25, -0.2) is 39.5 Å². The first-order valence-electron chi connectivity index (χ1n) is 8.01. The van der Waals surface area contributed by atoms with Crippen LogP contribution in [0.15, 0.2) is 0 Å². The van der Waals surface area contributed by atoms with E-state index in [0.29, 0.717) is 0 Å². The summed E-state index contributed by atoms with van der Waals surface area (Å²) < 4.78 is 182. The van der Waals surface area contributed by atoms with Crippen LogP contribution in [0.2, 0.25) is 0 Å².